The molecular weight excluding hydrogens is 194 g/mol. The minimum atomic E-state index is -0.686. The van der Waals surface area contributed by atoms with Crippen LogP contribution in [0.4, 0.5) is 4.79 Å². The molecule has 0 fully saturated rings. The highest BCUT2D eigenvalue weighted by atomic mass is 16.2. The van der Waals surface area contributed by atoms with Crippen molar-refractivity contribution in [2.24, 2.45) is 11.7 Å². The number of hydrogen-bond acceptors (Lipinski definition) is 2. The lowest BCUT2D eigenvalue weighted by Crippen LogP contribution is -2.49. The van der Waals surface area contributed by atoms with Gasteiger partial charge in [-0.05, 0) is 12.3 Å². The first-order valence-corrected chi connectivity index (χ1v) is 4.92. The fraction of sp³-hybridized carbons (Fsp3) is 0.600. The number of nitrogens with one attached hydrogen (secondary N) is 2. The zero-order chi connectivity index (χ0) is 11.8. The highest BCUT2D eigenvalue weighted by molar-refractivity contribution is 5.86. The summed E-state index contributed by atoms with van der Waals surface area (Å²) in [6.07, 6.45) is 2.14. The van der Waals surface area contributed by atoms with Gasteiger partial charge in [0, 0.05) is 6.54 Å². The van der Waals surface area contributed by atoms with Crippen LogP contribution >= 0.6 is 0 Å². The molecule has 0 radical (unpaired) electrons. The molecule has 5 heteroatoms. The maximum Gasteiger partial charge on any atom is 0.312 e. The van der Waals surface area contributed by atoms with Crippen molar-refractivity contribution in [3.05, 3.63) is 12.7 Å². The van der Waals surface area contributed by atoms with Crippen LogP contribution in [0.15, 0.2) is 12.7 Å². The maximum absolute atomic E-state index is 11.5. The van der Waals surface area contributed by atoms with Crippen LogP contribution in [0.3, 0.4) is 0 Å². The van der Waals surface area contributed by atoms with Gasteiger partial charge in [0.1, 0.15) is 6.04 Å². The Labute approximate surface area is 90.1 Å². The summed E-state index contributed by atoms with van der Waals surface area (Å²) < 4.78 is 0. The molecule has 86 valence electrons. The lowest BCUT2D eigenvalue weighted by Gasteiger charge is -2.18. The molecule has 3 amide bonds. The second kappa shape index (κ2) is 6.86. The standard InChI is InChI=1S/C10H19N3O2/c1-4-5-12-9(14)8(6-7(2)3)13-10(11)15/h4,7-8H,1,5-6H2,2-3H3,(H,12,14)(H3,11,13,15)/t8-/m0/s1. The van der Waals surface area contributed by atoms with Crippen molar-refractivity contribution in [2.45, 2.75) is 26.3 Å². The fourth-order valence-corrected chi connectivity index (χ4v) is 1.17. The van der Waals surface area contributed by atoms with Crippen LogP contribution in [0.25, 0.3) is 0 Å². The van der Waals surface area contributed by atoms with Gasteiger partial charge in [0.2, 0.25) is 5.91 Å². The normalized spacial score (nSPS) is 11.9. The molecule has 0 rings (SSSR count). The van der Waals surface area contributed by atoms with Gasteiger partial charge in [-0.2, -0.15) is 0 Å². The van der Waals surface area contributed by atoms with Gasteiger partial charge in [-0.25, -0.2) is 4.79 Å². The van der Waals surface area contributed by atoms with E-state index in [0.717, 1.165) is 0 Å². The van der Waals surface area contributed by atoms with E-state index in [-0.39, 0.29) is 5.91 Å². The van der Waals surface area contributed by atoms with E-state index in [1.54, 1.807) is 6.08 Å². The predicted octanol–water partition coefficient (Wildman–Crippen LogP) is 0.372. The number of nitrogens with two attached hydrogens (primary N) is 1. The SMILES string of the molecule is C=CCNC(=O)[C@H](CC(C)C)NC(N)=O. The molecule has 0 aliphatic heterocycles. The lowest BCUT2D eigenvalue weighted by molar-refractivity contribution is -0.123. The molecule has 5 nitrogen and oxygen atoms in total. The van der Waals surface area contributed by atoms with E-state index < -0.39 is 12.1 Å². The van der Waals surface area contributed by atoms with Crippen LogP contribution in [0.5, 0.6) is 0 Å². The third-order valence-electron chi connectivity index (χ3n) is 1.76. The zero-order valence-electron chi connectivity index (χ0n) is 9.25. The van der Waals surface area contributed by atoms with Gasteiger partial charge in [-0.15, -0.1) is 6.58 Å². The summed E-state index contributed by atoms with van der Waals surface area (Å²) in [6, 6.07) is -1.25. The largest absolute Gasteiger partial charge is 0.352 e. The van der Waals surface area contributed by atoms with E-state index in [9.17, 15) is 9.59 Å². The monoisotopic (exact) mass is 213 g/mol. The second-order valence-electron chi connectivity index (χ2n) is 3.72. The number of primary amides is 1. The van der Waals surface area contributed by atoms with Gasteiger partial charge in [-0.1, -0.05) is 19.9 Å². The Hall–Kier alpha value is -1.52. The molecule has 0 heterocycles. The third kappa shape index (κ3) is 6.54. The van der Waals surface area contributed by atoms with Crippen molar-refractivity contribution in [2.75, 3.05) is 6.54 Å². The lowest BCUT2D eigenvalue weighted by atomic mass is 10.0. The van der Waals surface area contributed by atoms with Crippen LogP contribution in [-0.2, 0) is 4.79 Å². The molecule has 0 aromatic rings. The summed E-state index contributed by atoms with van der Waals surface area (Å²) >= 11 is 0. The minimum Gasteiger partial charge on any atom is -0.352 e. The van der Waals surface area contributed by atoms with Gasteiger partial charge in [0.05, 0.1) is 0 Å². The molecule has 0 aromatic heterocycles. The number of urea groups is 1. The summed E-state index contributed by atoms with van der Waals surface area (Å²) in [7, 11) is 0. The number of carbonyl (C=O) groups is 2. The van der Waals surface area contributed by atoms with E-state index >= 15 is 0 Å². The first-order valence-electron chi connectivity index (χ1n) is 4.92. The van der Waals surface area contributed by atoms with E-state index in [0.29, 0.717) is 18.9 Å². The molecular formula is C10H19N3O2. The Morgan fingerprint density at radius 1 is 1.47 bits per heavy atom. The highest BCUT2D eigenvalue weighted by Gasteiger charge is 2.19. The quantitative estimate of drug-likeness (QED) is 0.557. The van der Waals surface area contributed by atoms with Crippen molar-refractivity contribution in [3.63, 3.8) is 0 Å². The van der Waals surface area contributed by atoms with E-state index in [4.69, 9.17) is 5.73 Å². The van der Waals surface area contributed by atoms with E-state index in [1.165, 1.54) is 0 Å². The molecule has 0 saturated heterocycles. The van der Waals surface area contributed by atoms with Gasteiger partial charge in [-0.3, -0.25) is 4.79 Å². The summed E-state index contributed by atoms with van der Waals surface area (Å²) in [5.74, 6) is 0.0683. The number of hydrogen-bond donors (Lipinski definition) is 3. The molecule has 15 heavy (non-hydrogen) atoms. The molecule has 1 atom stereocenters. The van der Waals surface area contributed by atoms with Gasteiger partial charge in [0.15, 0.2) is 0 Å². The molecule has 0 saturated carbocycles. The maximum atomic E-state index is 11.5. The van der Waals surface area contributed by atoms with E-state index in [2.05, 4.69) is 17.2 Å². The highest BCUT2D eigenvalue weighted by Crippen LogP contribution is 2.04. The second-order valence-corrected chi connectivity index (χ2v) is 3.72. The minimum absolute atomic E-state index is 0.234. The first kappa shape index (κ1) is 13.5. The summed E-state index contributed by atoms with van der Waals surface area (Å²) in [5.41, 5.74) is 4.99. The Morgan fingerprint density at radius 3 is 2.47 bits per heavy atom. The molecule has 0 aliphatic carbocycles. The van der Waals surface area contributed by atoms with Gasteiger partial charge in [0.25, 0.3) is 0 Å². The van der Waals surface area contributed by atoms with E-state index in [1.807, 2.05) is 13.8 Å². The van der Waals surface area contributed by atoms with Crippen LogP contribution in [-0.4, -0.2) is 24.5 Å². The van der Waals surface area contributed by atoms with Crippen molar-refractivity contribution in [3.8, 4) is 0 Å². The Morgan fingerprint density at radius 2 is 2.07 bits per heavy atom. The zero-order valence-corrected chi connectivity index (χ0v) is 9.25. The summed E-state index contributed by atoms with van der Waals surface area (Å²) in [6.45, 7) is 7.81. The van der Waals surface area contributed by atoms with Crippen molar-refractivity contribution < 1.29 is 9.59 Å². The number of amides is 3. The smallest absolute Gasteiger partial charge is 0.312 e. The molecule has 0 unspecified atom stereocenters. The average Bonchev–Trinajstić information content (AvgIpc) is 2.11. The van der Waals surface area contributed by atoms with Crippen LogP contribution in [0.2, 0.25) is 0 Å². The Bertz CT molecular complexity index is 239. The molecule has 0 bridgehead atoms. The summed E-state index contributed by atoms with van der Waals surface area (Å²) in [4.78, 5) is 22.2. The summed E-state index contributed by atoms with van der Waals surface area (Å²) in [5, 5.41) is 5.03. The van der Waals surface area contributed by atoms with Crippen molar-refractivity contribution >= 4 is 11.9 Å². The number of carbonyl (C=O) groups excluding carboxylic acids is 2. The number of rotatable bonds is 6. The Balaban J connectivity index is 4.26. The molecule has 4 N–H and O–H groups in total. The van der Waals surface area contributed by atoms with Crippen LogP contribution in [0.1, 0.15) is 20.3 Å². The predicted molar refractivity (Wildman–Crippen MR) is 59.2 cm³/mol. The van der Waals surface area contributed by atoms with Gasteiger partial charge < -0.3 is 16.4 Å². The topological polar surface area (TPSA) is 84.2 Å². The van der Waals surface area contributed by atoms with Gasteiger partial charge >= 0.3 is 6.03 Å². The molecule has 0 aromatic carbocycles. The average molecular weight is 213 g/mol. The molecule has 0 aliphatic rings. The van der Waals surface area contributed by atoms with Crippen molar-refractivity contribution in [1.82, 2.24) is 10.6 Å². The first-order chi connectivity index (χ1) is 6.97. The van der Waals surface area contributed by atoms with Crippen LogP contribution in [0, 0.1) is 5.92 Å². The fourth-order valence-electron chi connectivity index (χ4n) is 1.17. The van der Waals surface area contributed by atoms with Crippen LogP contribution < -0.4 is 16.4 Å². The Kier molecular flexibility index (Phi) is 6.17. The molecule has 0 spiro atoms. The van der Waals surface area contributed by atoms with Crippen molar-refractivity contribution in [1.29, 1.82) is 0 Å². The third-order valence-corrected chi connectivity index (χ3v) is 1.76.